The van der Waals surface area contributed by atoms with Crippen LogP contribution in [0.3, 0.4) is 0 Å². The Balaban J connectivity index is 2.34. The van der Waals surface area contributed by atoms with E-state index in [2.05, 4.69) is 21.1 Å². The van der Waals surface area contributed by atoms with E-state index < -0.39 is 0 Å². The minimum Gasteiger partial charge on any atom is -0.295 e. The Morgan fingerprint density at radius 1 is 1.64 bits per heavy atom. The van der Waals surface area contributed by atoms with Crippen LogP contribution in [0.1, 0.15) is 12.6 Å². The molecule has 1 aromatic heterocycles. The average Bonchev–Trinajstić information content (AvgIpc) is 2.63. The van der Waals surface area contributed by atoms with E-state index in [1.54, 1.807) is 0 Å². The fourth-order valence-corrected chi connectivity index (χ4v) is 1.15. The van der Waals surface area contributed by atoms with Gasteiger partial charge in [-0.1, -0.05) is 11.1 Å². The summed E-state index contributed by atoms with van der Waals surface area (Å²) in [6.07, 6.45) is 8.08. The second-order valence-electron chi connectivity index (χ2n) is 3.26. The van der Waals surface area contributed by atoms with Gasteiger partial charge in [-0.05, 0) is 14.0 Å². The van der Waals surface area contributed by atoms with Crippen LogP contribution in [0.15, 0.2) is 6.20 Å². The van der Waals surface area contributed by atoms with Crippen molar-refractivity contribution in [3.05, 3.63) is 11.9 Å². The van der Waals surface area contributed by atoms with Crippen molar-refractivity contribution >= 4 is 0 Å². The summed E-state index contributed by atoms with van der Waals surface area (Å²) in [5.74, 6) is 2.60. The molecule has 0 bridgehead atoms. The molecule has 1 rings (SSSR count). The Kier molecular flexibility index (Phi) is 4.14. The van der Waals surface area contributed by atoms with Gasteiger partial charge in [-0.25, -0.2) is 0 Å². The summed E-state index contributed by atoms with van der Waals surface area (Å²) in [6.45, 7) is 4.52. The highest BCUT2D eigenvalue weighted by Crippen LogP contribution is 1.95. The lowest BCUT2D eigenvalue weighted by molar-refractivity contribution is 0.379. The van der Waals surface area contributed by atoms with Crippen LogP contribution in [0.4, 0.5) is 0 Å². The van der Waals surface area contributed by atoms with Crippen LogP contribution in [0.2, 0.25) is 0 Å². The lowest BCUT2D eigenvalue weighted by atomic mass is 10.3. The number of rotatable bonds is 5. The van der Waals surface area contributed by atoms with Gasteiger partial charge in [0.05, 0.1) is 12.2 Å². The first-order valence-corrected chi connectivity index (χ1v) is 4.77. The van der Waals surface area contributed by atoms with Gasteiger partial charge in [-0.3, -0.25) is 9.58 Å². The predicted octanol–water partition coefficient (Wildman–Crippen LogP) is 0.405. The monoisotopic (exact) mass is 192 g/mol. The molecule has 0 aromatic carbocycles. The predicted molar refractivity (Wildman–Crippen MR) is 55.7 cm³/mol. The molecule has 0 amide bonds. The number of nitrogens with zero attached hydrogens (tertiary/aromatic N) is 4. The van der Waals surface area contributed by atoms with Gasteiger partial charge in [-0.2, -0.15) is 0 Å². The molecule has 0 unspecified atom stereocenters. The van der Waals surface area contributed by atoms with Crippen molar-refractivity contribution in [2.75, 3.05) is 20.1 Å². The molecular formula is C10H16N4. The van der Waals surface area contributed by atoms with Gasteiger partial charge >= 0.3 is 0 Å². The molecule has 0 aliphatic rings. The number of likely N-dealkylation sites (N-methyl/N-ethyl adjacent to an activating group) is 1. The van der Waals surface area contributed by atoms with E-state index in [1.807, 2.05) is 24.9 Å². The molecule has 0 atom stereocenters. The summed E-state index contributed by atoms with van der Waals surface area (Å²) in [5.41, 5.74) is 1.02. The van der Waals surface area contributed by atoms with E-state index in [9.17, 15) is 0 Å². The number of terminal acetylenes is 1. The summed E-state index contributed by atoms with van der Waals surface area (Å²) >= 11 is 0. The van der Waals surface area contributed by atoms with E-state index in [0.29, 0.717) is 6.54 Å². The summed E-state index contributed by atoms with van der Waals surface area (Å²) in [5, 5.41) is 8.02. The summed E-state index contributed by atoms with van der Waals surface area (Å²) in [4.78, 5) is 2.09. The highest BCUT2D eigenvalue weighted by molar-refractivity contribution is 4.94. The third kappa shape index (κ3) is 3.19. The van der Waals surface area contributed by atoms with Crippen LogP contribution < -0.4 is 0 Å². The summed E-state index contributed by atoms with van der Waals surface area (Å²) in [7, 11) is 2.00. The second kappa shape index (κ2) is 5.40. The Morgan fingerprint density at radius 2 is 2.43 bits per heavy atom. The highest BCUT2D eigenvalue weighted by atomic mass is 15.4. The molecule has 1 heterocycles. The summed E-state index contributed by atoms with van der Waals surface area (Å²) < 4.78 is 1.83. The van der Waals surface area contributed by atoms with E-state index in [0.717, 1.165) is 25.2 Å². The third-order valence-corrected chi connectivity index (χ3v) is 2.02. The maximum absolute atomic E-state index is 5.20. The van der Waals surface area contributed by atoms with Crippen molar-refractivity contribution in [3.8, 4) is 12.3 Å². The lowest BCUT2D eigenvalue weighted by Gasteiger charge is -2.10. The van der Waals surface area contributed by atoms with Gasteiger partial charge in [-0.15, -0.1) is 11.5 Å². The van der Waals surface area contributed by atoms with Crippen molar-refractivity contribution in [1.29, 1.82) is 0 Å². The van der Waals surface area contributed by atoms with Crippen LogP contribution in [-0.2, 0) is 13.0 Å². The molecule has 0 fully saturated rings. The Morgan fingerprint density at radius 3 is 3.00 bits per heavy atom. The van der Waals surface area contributed by atoms with Crippen molar-refractivity contribution < 1.29 is 0 Å². The zero-order chi connectivity index (χ0) is 10.4. The van der Waals surface area contributed by atoms with E-state index in [1.165, 1.54) is 0 Å². The van der Waals surface area contributed by atoms with Crippen LogP contribution in [0, 0.1) is 12.3 Å². The molecule has 4 heteroatoms. The van der Waals surface area contributed by atoms with E-state index >= 15 is 0 Å². The molecule has 4 nitrogen and oxygen atoms in total. The number of hydrogen-bond donors (Lipinski definition) is 0. The molecule has 0 radical (unpaired) electrons. The van der Waals surface area contributed by atoms with Gasteiger partial charge in [0.1, 0.15) is 0 Å². The molecule has 0 saturated heterocycles. The lowest BCUT2D eigenvalue weighted by Crippen LogP contribution is -2.21. The van der Waals surface area contributed by atoms with Crippen LogP contribution in [0.5, 0.6) is 0 Å². The van der Waals surface area contributed by atoms with E-state index in [-0.39, 0.29) is 0 Å². The third-order valence-electron chi connectivity index (χ3n) is 2.02. The molecule has 0 N–H and O–H groups in total. The first kappa shape index (κ1) is 10.7. The maximum atomic E-state index is 5.20. The van der Waals surface area contributed by atoms with Gasteiger partial charge < -0.3 is 0 Å². The molecule has 0 spiro atoms. The Labute approximate surface area is 84.9 Å². The molecule has 0 aliphatic heterocycles. The standard InChI is InChI=1S/C10H16N4/c1-4-7-13(3)8-6-10-9-14(5-2)12-11-10/h1,9H,5-8H2,2-3H3. The quantitative estimate of drug-likeness (QED) is 0.633. The van der Waals surface area contributed by atoms with Gasteiger partial charge in [0, 0.05) is 25.7 Å². The highest BCUT2D eigenvalue weighted by Gasteiger charge is 2.01. The minimum atomic E-state index is 0.682. The van der Waals surface area contributed by atoms with Gasteiger partial charge in [0.25, 0.3) is 0 Å². The number of aryl methyl sites for hydroxylation is 1. The molecular weight excluding hydrogens is 176 g/mol. The van der Waals surface area contributed by atoms with Crippen molar-refractivity contribution in [2.24, 2.45) is 0 Å². The molecule has 76 valence electrons. The van der Waals surface area contributed by atoms with Crippen LogP contribution in [0.25, 0.3) is 0 Å². The number of hydrogen-bond acceptors (Lipinski definition) is 3. The van der Waals surface area contributed by atoms with Gasteiger partial charge in [0.2, 0.25) is 0 Å². The fourth-order valence-electron chi connectivity index (χ4n) is 1.15. The molecule has 14 heavy (non-hydrogen) atoms. The van der Waals surface area contributed by atoms with Crippen LogP contribution in [-0.4, -0.2) is 40.0 Å². The zero-order valence-corrected chi connectivity index (χ0v) is 8.77. The van der Waals surface area contributed by atoms with Crippen LogP contribution >= 0.6 is 0 Å². The molecule has 0 aliphatic carbocycles. The topological polar surface area (TPSA) is 34.0 Å². The Hall–Kier alpha value is -1.34. The van der Waals surface area contributed by atoms with Gasteiger partial charge in [0.15, 0.2) is 0 Å². The SMILES string of the molecule is C#CCN(C)CCc1cn(CC)nn1. The summed E-state index contributed by atoms with van der Waals surface area (Å²) in [6, 6.07) is 0. The molecule has 1 aromatic rings. The zero-order valence-electron chi connectivity index (χ0n) is 8.77. The first-order chi connectivity index (χ1) is 6.76. The Bertz CT molecular complexity index is 310. The van der Waals surface area contributed by atoms with Crippen molar-refractivity contribution in [3.63, 3.8) is 0 Å². The first-order valence-electron chi connectivity index (χ1n) is 4.77. The normalized spacial score (nSPS) is 10.4. The number of aromatic nitrogens is 3. The van der Waals surface area contributed by atoms with Crippen molar-refractivity contribution in [2.45, 2.75) is 19.9 Å². The van der Waals surface area contributed by atoms with Crippen molar-refractivity contribution in [1.82, 2.24) is 19.9 Å². The fraction of sp³-hybridized carbons (Fsp3) is 0.600. The minimum absolute atomic E-state index is 0.682. The van der Waals surface area contributed by atoms with E-state index in [4.69, 9.17) is 6.42 Å². The maximum Gasteiger partial charge on any atom is 0.0839 e. The second-order valence-corrected chi connectivity index (χ2v) is 3.26. The largest absolute Gasteiger partial charge is 0.295 e. The average molecular weight is 192 g/mol. The smallest absolute Gasteiger partial charge is 0.0839 e. The molecule has 0 saturated carbocycles.